The van der Waals surface area contributed by atoms with Gasteiger partial charge < -0.3 is 11.1 Å². The van der Waals surface area contributed by atoms with E-state index in [9.17, 15) is 9.59 Å². The van der Waals surface area contributed by atoms with Gasteiger partial charge >= 0.3 is 0 Å². The molecule has 0 aliphatic carbocycles. The molecule has 6 heteroatoms. The molecule has 0 radical (unpaired) electrons. The molecule has 2 amide bonds. The van der Waals surface area contributed by atoms with E-state index in [1.54, 1.807) is 11.3 Å². The van der Waals surface area contributed by atoms with Crippen molar-refractivity contribution in [3.05, 3.63) is 21.9 Å². The molecule has 0 bridgehead atoms. The number of rotatable bonds is 5. The maximum Gasteiger partial charge on any atom is 0.234 e. The van der Waals surface area contributed by atoms with Gasteiger partial charge in [0.1, 0.15) is 0 Å². The van der Waals surface area contributed by atoms with Gasteiger partial charge in [0.15, 0.2) is 0 Å². The largest absolute Gasteiger partial charge is 0.369 e. The summed E-state index contributed by atoms with van der Waals surface area (Å²) in [6, 6.07) is 4.06. The Labute approximate surface area is 116 Å². The van der Waals surface area contributed by atoms with Crippen molar-refractivity contribution in [2.75, 3.05) is 19.6 Å². The number of carbonyl (C=O) groups is 2. The molecule has 0 unspecified atom stereocenters. The first-order valence-electron chi connectivity index (χ1n) is 6.23. The maximum atomic E-state index is 11.7. The number of amides is 2. The van der Waals surface area contributed by atoms with Crippen LogP contribution in [0.15, 0.2) is 12.1 Å². The van der Waals surface area contributed by atoms with Gasteiger partial charge in [-0.2, -0.15) is 0 Å². The number of carbonyl (C=O) groups excluding carboxylic acids is 2. The Hall–Kier alpha value is -1.40. The van der Waals surface area contributed by atoms with Gasteiger partial charge in [0.2, 0.25) is 11.8 Å². The summed E-state index contributed by atoms with van der Waals surface area (Å²) in [6.07, 6.45) is 0. The summed E-state index contributed by atoms with van der Waals surface area (Å²) >= 11 is 1.68. The Balaban J connectivity index is 1.70. The number of thiophene rings is 1. The van der Waals surface area contributed by atoms with Crippen molar-refractivity contribution in [2.45, 2.75) is 20.4 Å². The Morgan fingerprint density at radius 3 is 2.68 bits per heavy atom. The Morgan fingerprint density at radius 1 is 1.47 bits per heavy atom. The maximum absolute atomic E-state index is 11.7. The predicted octanol–water partition coefficient (Wildman–Crippen LogP) is 0.480. The smallest absolute Gasteiger partial charge is 0.234 e. The van der Waals surface area contributed by atoms with Crippen LogP contribution in [-0.2, 0) is 16.1 Å². The van der Waals surface area contributed by atoms with Crippen molar-refractivity contribution in [3.8, 4) is 0 Å². The molecular formula is C13H19N3O2S. The number of likely N-dealkylation sites (tertiary alicyclic amines) is 1. The number of aryl methyl sites for hydroxylation is 1. The average Bonchev–Trinajstić information content (AvgIpc) is 2.70. The molecule has 3 N–H and O–H groups in total. The van der Waals surface area contributed by atoms with Gasteiger partial charge in [0.05, 0.1) is 18.5 Å². The SMILES string of the molecule is Cc1ccc(CNC(=O)CN2CC(C)(C(N)=O)C2)s1. The molecule has 1 saturated heterocycles. The zero-order chi connectivity index (χ0) is 14.0. The Morgan fingerprint density at radius 2 is 2.16 bits per heavy atom. The molecule has 19 heavy (non-hydrogen) atoms. The summed E-state index contributed by atoms with van der Waals surface area (Å²) in [6.45, 7) is 5.89. The standard InChI is InChI=1S/C13H19N3O2S/c1-9-3-4-10(19-9)5-15-11(17)6-16-7-13(2,8-16)12(14)18/h3-4H,5-8H2,1-2H3,(H2,14,18)(H,15,17). The number of nitrogens with two attached hydrogens (primary N) is 1. The third-order valence-electron chi connectivity index (χ3n) is 3.36. The molecular weight excluding hydrogens is 262 g/mol. The molecule has 104 valence electrons. The molecule has 2 heterocycles. The van der Waals surface area contributed by atoms with E-state index >= 15 is 0 Å². The fraction of sp³-hybridized carbons (Fsp3) is 0.538. The van der Waals surface area contributed by atoms with Crippen LogP contribution in [0.3, 0.4) is 0 Å². The normalized spacial score (nSPS) is 17.8. The van der Waals surface area contributed by atoms with Gasteiger partial charge in [-0.25, -0.2) is 0 Å². The molecule has 0 aromatic carbocycles. The minimum Gasteiger partial charge on any atom is -0.369 e. The summed E-state index contributed by atoms with van der Waals surface area (Å²) in [5.41, 5.74) is 4.83. The van der Waals surface area contributed by atoms with E-state index < -0.39 is 5.41 Å². The molecule has 1 aromatic rings. The van der Waals surface area contributed by atoms with Gasteiger partial charge in [0, 0.05) is 22.8 Å². The second-order valence-corrected chi connectivity index (χ2v) is 6.73. The van der Waals surface area contributed by atoms with Crippen molar-refractivity contribution in [2.24, 2.45) is 11.1 Å². The molecule has 0 spiro atoms. The quantitative estimate of drug-likeness (QED) is 0.824. The number of nitrogens with zero attached hydrogens (tertiary/aromatic N) is 1. The number of nitrogens with one attached hydrogen (secondary N) is 1. The molecule has 0 saturated carbocycles. The molecule has 5 nitrogen and oxygen atoms in total. The number of hydrogen-bond donors (Lipinski definition) is 2. The third-order valence-corrected chi connectivity index (χ3v) is 4.36. The number of primary amides is 1. The van der Waals surface area contributed by atoms with Crippen molar-refractivity contribution in [1.82, 2.24) is 10.2 Å². The molecule has 1 fully saturated rings. The third kappa shape index (κ3) is 3.33. The zero-order valence-corrected chi connectivity index (χ0v) is 12.0. The summed E-state index contributed by atoms with van der Waals surface area (Å²) in [7, 11) is 0. The van der Waals surface area contributed by atoms with Crippen LogP contribution in [0.1, 0.15) is 16.7 Å². The van der Waals surface area contributed by atoms with Crippen LogP contribution in [0.5, 0.6) is 0 Å². The van der Waals surface area contributed by atoms with Crippen LogP contribution < -0.4 is 11.1 Å². The highest BCUT2D eigenvalue weighted by Gasteiger charge is 2.43. The lowest BCUT2D eigenvalue weighted by molar-refractivity contribution is -0.140. The van der Waals surface area contributed by atoms with E-state index in [2.05, 4.69) is 5.32 Å². The lowest BCUT2D eigenvalue weighted by atomic mass is 9.81. The minimum absolute atomic E-state index is 0.0161. The topological polar surface area (TPSA) is 75.4 Å². The summed E-state index contributed by atoms with van der Waals surface area (Å²) < 4.78 is 0. The first-order valence-corrected chi connectivity index (χ1v) is 7.05. The van der Waals surface area contributed by atoms with E-state index in [0.717, 1.165) is 4.88 Å². The highest BCUT2D eigenvalue weighted by atomic mass is 32.1. The highest BCUT2D eigenvalue weighted by Crippen LogP contribution is 2.28. The van der Waals surface area contributed by atoms with Crippen LogP contribution >= 0.6 is 11.3 Å². The molecule has 0 atom stereocenters. The first-order chi connectivity index (χ1) is 8.89. The van der Waals surface area contributed by atoms with Gasteiger partial charge in [-0.1, -0.05) is 0 Å². The molecule has 1 aliphatic rings. The molecule has 1 aliphatic heterocycles. The molecule has 1 aromatic heterocycles. The summed E-state index contributed by atoms with van der Waals surface area (Å²) in [5.74, 6) is -0.309. The lowest BCUT2D eigenvalue weighted by Gasteiger charge is -2.45. The van der Waals surface area contributed by atoms with Crippen molar-refractivity contribution < 1.29 is 9.59 Å². The fourth-order valence-electron chi connectivity index (χ4n) is 2.23. The van der Waals surface area contributed by atoms with Crippen LogP contribution in [0.2, 0.25) is 0 Å². The second-order valence-electron chi connectivity index (χ2n) is 5.36. The van der Waals surface area contributed by atoms with Gasteiger partial charge in [0.25, 0.3) is 0 Å². The average molecular weight is 281 g/mol. The van der Waals surface area contributed by atoms with Crippen LogP contribution in [0, 0.1) is 12.3 Å². The van der Waals surface area contributed by atoms with Crippen LogP contribution in [0.4, 0.5) is 0 Å². The van der Waals surface area contributed by atoms with E-state index in [0.29, 0.717) is 26.2 Å². The van der Waals surface area contributed by atoms with E-state index in [1.807, 2.05) is 30.9 Å². The van der Waals surface area contributed by atoms with Crippen LogP contribution in [-0.4, -0.2) is 36.3 Å². The Bertz CT molecular complexity index is 492. The van der Waals surface area contributed by atoms with Gasteiger partial charge in [-0.05, 0) is 26.0 Å². The summed E-state index contributed by atoms with van der Waals surface area (Å²) in [5, 5.41) is 2.88. The zero-order valence-electron chi connectivity index (χ0n) is 11.2. The van der Waals surface area contributed by atoms with Crippen molar-refractivity contribution in [3.63, 3.8) is 0 Å². The van der Waals surface area contributed by atoms with E-state index in [4.69, 9.17) is 5.73 Å². The van der Waals surface area contributed by atoms with Crippen LogP contribution in [0.25, 0.3) is 0 Å². The first kappa shape index (κ1) is 14.0. The fourth-order valence-corrected chi connectivity index (χ4v) is 3.06. The van der Waals surface area contributed by atoms with Gasteiger partial charge in [-0.15, -0.1) is 11.3 Å². The number of hydrogen-bond acceptors (Lipinski definition) is 4. The van der Waals surface area contributed by atoms with E-state index in [-0.39, 0.29) is 11.8 Å². The lowest BCUT2D eigenvalue weighted by Crippen LogP contribution is -2.62. The minimum atomic E-state index is -0.467. The second kappa shape index (κ2) is 5.30. The highest BCUT2D eigenvalue weighted by molar-refractivity contribution is 7.11. The monoisotopic (exact) mass is 281 g/mol. The van der Waals surface area contributed by atoms with Crippen molar-refractivity contribution in [1.29, 1.82) is 0 Å². The predicted molar refractivity (Wildman–Crippen MR) is 74.6 cm³/mol. The molecule has 2 rings (SSSR count). The van der Waals surface area contributed by atoms with Crippen molar-refractivity contribution >= 4 is 23.2 Å². The summed E-state index contributed by atoms with van der Waals surface area (Å²) in [4.78, 5) is 27.2. The van der Waals surface area contributed by atoms with Gasteiger partial charge in [-0.3, -0.25) is 14.5 Å². The Kier molecular flexibility index (Phi) is 3.91. The van der Waals surface area contributed by atoms with E-state index in [1.165, 1.54) is 4.88 Å².